The van der Waals surface area contributed by atoms with E-state index in [4.69, 9.17) is 4.74 Å². The quantitative estimate of drug-likeness (QED) is 0.863. The average Bonchev–Trinajstić information content (AvgIpc) is 2.62. The number of carbonyl (C=O) groups is 3. The Balaban J connectivity index is 1.94. The van der Waals surface area contributed by atoms with E-state index < -0.39 is 0 Å². The lowest BCUT2D eigenvalue weighted by Gasteiger charge is -2.31. The van der Waals surface area contributed by atoms with Crippen LogP contribution in [-0.4, -0.2) is 54.5 Å². The van der Waals surface area contributed by atoms with Gasteiger partial charge in [0.25, 0.3) is 5.91 Å². The van der Waals surface area contributed by atoms with Crippen LogP contribution in [0.4, 0.5) is 10.6 Å². The summed E-state index contributed by atoms with van der Waals surface area (Å²) in [6.07, 6.45) is 2.47. The average molecular weight is 334 g/mol. The van der Waals surface area contributed by atoms with Crippen LogP contribution in [0.2, 0.25) is 0 Å². The number of hydrogen-bond acceptors (Lipinski definition) is 5. The van der Waals surface area contributed by atoms with Crippen molar-refractivity contribution < 1.29 is 19.1 Å². The van der Waals surface area contributed by atoms with Crippen molar-refractivity contribution in [1.82, 2.24) is 15.2 Å². The van der Waals surface area contributed by atoms with Gasteiger partial charge >= 0.3 is 6.09 Å². The number of amides is 3. The zero-order valence-corrected chi connectivity index (χ0v) is 13.9. The summed E-state index contributed by atoms with van der Waals surface area (Å²) in [5.41, 5.74) is 0.418. The lowest BCUT2D eigenvalue weighted by Crippen LogP contribution is -2.44. The summed E-state index contributed by atoms with van der Waals surface area (Å²) in [6.45, 7) is 3.00. The van der Waals surface area contributed by atoms with E-state index in [1.54, 1.807) is 24.0 Å². The summed E-state index contributed by atoms with van der Waals surface area (Å²) in [5, 5.41) is 5.23. The van der Waals surface area contributed by atoms with Crippen molar-refractivity contribution in [3.05, 3.63) is 23.9 Å². The Bertz CT molecular complexity index is 603. The van der Waals surface area contributed by atoms with Gasteiger partial charge in [0.2, 0.25) is 5.91 Å². The minimum Gasteiger partial charge on any atom is -0.450 e. The first-order valence-electron chi connectivity index (χ1n) is 7.95. The number of nitrogens with zero attached hydrogens (tertiary/aromatic N) is 2. The molecule has 24 heavy (non-hydrogen) atoms. The number of nitrogens with one attached hydrogen (secondary N) is 2. The molecule has 1 fully saturated rings. The summed E-state index contributed by atoms with van der Waals surface area (Å²) in [5.74, 6) is -0.355. The van der Waals surface area contributed by atoms with Crippen LogP contribution in [0.3, 0.4) is 0 Å². The molecular formula is C16H22N4O4. The molecule has 8 heteroatoms. The molecule has 0 bridgehead atoms. The number of hydrogen-bond donors (Lipinski definition) is 2. The minimum absolute atomic E-state index is 0.191. The normalized spacial score (nSPS) is 17.1. The first kappa shape index (κ1) is 17.7. The second-order valence-electron chi connectivity index (χ2n) is 5.48. The van der Waals surface area contributed by atoms with E-state index in [2.05, 4.69) is 15.6 Å². The van der Waals surface area contributed by atoms with Crippen LogP contribution in [0.5, 0.6) is 0 Å². The van der Waals surface area contributed by atoms with Crippen molar-refractivity contribution in [3.63, 3.8) is 0 Å². The van der Waals surface area contributed by atoms with E-state index in [0.29, 0.717) is 37.5 Å². The highest BCUT2D eigenvalue weighted by molar-refractivity contribution is 5.95. The molecule has 0 saturated carbocycles. The summed E-state index contributed by atoms with van der Waals surface area (Å²) >= 11 is 0. The fourth-order valence-electron chi connectivity index (χ4n) is 2.55. The smallest absolute Gasteiger partial charge is 0.409 e. The molecule has 0 aromatic carbocycles. The summed E-state index contributed by atoms with van der Waals surface area (Å²) in [4.78, 5) is 41.2. The molecule has 1 aliphatic heterocycles. The number of rotatable bonds is 4. The molecule has 8 nitrogen and oxygen atoms in total. The van der Waals surface area contributed by atoms with Gasteiger partial charge in [0.1, 0.15) is 5.82 Å². The number of aromatic nitrogens is 1. The maximum atomic E-state index is 12.4. The molecule has 1 saturated heterocycles. The van der Waals surface area contributed by atoms with Crippen LogP contribution in [-0.2, 0) is 9.53 Å². The number of piperidine rings is 1. The summed E-state index contributed by atoms with van der Waals surface area (Å²) in [6, 6.07) is 3.17. The van der Waals surface area contributed by atoms with Crippen LogP contribution in [0.15, 0.2) is 18.3 Å². The first-order valence-corrected chi connectivity index (χ1v) is 7.95. The topological polar surface area (TPSA) is 101 Å². The van der Waals surface area contributed by atoms with Crippen LogP contribution in [0, 0.1) is 5.92 Å². The molecule has 3 amide bonds. The number of pyridine rings is 1. The van der Waals surface area contributed by atoms with Gasteiger partial charge in [-0.25, -0.2) is 9.78 Å². The maximum absolute atomic E-state index is 12.4. The fourth-order valence-corrected chi connectivity index (χ4v) is 2.55. The monoisotopic (exact) mass is 334 g/mol. The van der Waals surface area contributed by atoms with E-state index >= 15 is 0 Å². The third kappa shape index (κ3) is 4.43. The van der Waals surface area contributed by atoms with E-state index in [1.807, 2.05) is 0 Å². The summed E-state index contributed by atoms with van der Waals surface area (Å²) in [7, 11) is 1.54. The minimum atomic E-state index is -0.386. The van der Waals surface area contributed by atoms with Gasteiger partial charge in [-0.05, 0) is 31.9 Å². The second kappa shape index (κ2) is 8.28. The Morgan fingerprint density at radius 1 is 1.38 bits per heavy atom. The highest BCUT2D eigenvalue weighted by Gasteiger charge is 2.29. The molecule has 130 valence electrons. The molecule has 2 N–H and O–H groups in total. The van der Waals surface area contributed by atoms with Crippen LogP contribution < -0.4 is 10.6 Å². The molecule has 1 unspecified atom stereocenters. The van der Waals surface area contributed by atoms with E-state index in [9.17, 15) is 14.4 Å². The molecule has 1 aromatic rings. The van der Waals surface area contributed by atoms with E-state index in [0.717, 1.165) is 6.42 Å². The number of carbonyl (C=O) groups excluding carboxylic acids is 3. The van der Waals surface area contributed by atoms with Gasteiger partial charge in [-0.1, -0.05) is 0 Å². The first-order chi connectivity index (χ1) is 11.5. The van der Waals surface area contributed by atoms with Gasteiger partial charge in [0.15, 0.2) is 0 Å². The van der Waals surface area contributed by atoms with E-state index in [1.165, 1.54) is 13.2 Å². The zero-order chi connectivity index (χ0) is 17.5. The van der Waals surface area contributed by atoms with Gasteiger partial charge in [0, 0.05) is 26.3 Å². The molecule has 0 aliphatic carbocycles. The Kier molecular flexibility index (Phi) is 6.11. The van der Waals surface area contributed by atoms with Crippen LogP contribution >= 0.6 is 0 Å². The molecule has 1 aliphatic rings. The largest absolute Gasteiger partial charge is 0.450 e. The van der Waals surface area contributed by atoms with Gasteiger partial charge < -0.3 is 20.3 Å². The van der Waals surface area contributed by atoms with Crippen molar-refractivity contribution >= 4 is 23.7 Å². The van der Waals surface area contributed by atoms with Crippen LogP contribution in [0.25, 0.3) is 0 Å². The Morgan fingerprint density at radius 3 is 2.79 bits per heavy atom. The molecule has 0 radical (unpaired) electrons. The Hall–Kier alpha value is -2.64. The third-order valence-electron chi connectivity index (χ3n) is 3.82. The Labute approximate surface area is 140 Å². The van der Waals surface area contributed by atoms with Crippen LogP contribution in [0.1, 0.15) is 30.1 Å². The summed E-state index contributed by atoms with van der Waals surface area (Å²) < 4.78 is 4.98. The predicted octanol–water partition coefficient (Wildman–Crippen LogP) is 1.25. The van der Waals surface area contributed by atoms with Crippen molar-refractivity contribution in [1.29, 1.82) is 0 Å². The van der Waals surface area contributed by atoms with Gasteiger partial charge in [-0.3, -0.25) is 9.59 Å². The molecular weight excluding hydrogens is 312 g/mol. The zero-order valence-electron chi connectivity index (χ0n) is 13.9. The molecule has 2 heterocycles. The lowest BCUT2D eigenvalue weighted by molar-refractivity contribution is -0.121. The van der Waals surface area contributed by atoms with Crippen molar-refractivity contribution in [2.24, 2.45) is 5.92 Å². The fraction of sp³-hybridized carbons (Fsp3) is 0.500. The standard InChI is InChI=1S/C16H22N4O4/c1-3-24-16(23)20-8-4-5-12(10-20)15(22)19-13-7-6-11(9-18-13)14(21)17-2/h6-7,9,12H,3-5,8,10H2,1-2H3,(H,17,21)(H,18,19,22). The molecule has 2 rings (SSSR count). The van der Waals surface area contributed by atoms with Gasteiger partial charge in [-0.15, -0.1) is 0 Å². The highest BCUT2D eigenvalue weighted by atomic mass is 16.6. The third-order valence-corrected chi connectivity index (χ3v) is 3.82. The lowest BCUT2D eigenvalue weighted by atomic mass is 9.97. The molecule has 0 spiro atoms. The predicted molar refractivity (Wildman–Crippen MR) is 87.6 cm³/mol. The van der Waals surface area contributed by atoms with Crippen molar-refractivity contribution in [2.75, 3.05) is 32.1 Å². The van der Waals surface area contributed by atoms with Gasteiger partial charge in [0.05, 0.1) is 18.1 Å². The number of anilines is 1. The molecule has 1 aromatic heterocycles. The molecule has 1 atom stereocenters. The second-order valence-corrected chi connectivity index (χ2v) is 5.48. The Morgan fingerprint density at radius 2 is 2.17 bits per heavy atom. The van der Waals surface area contributed by atoms with Gasteiger partial charge in [-0.2, -0.15) is 0 Å². The van der Waals surface area contributed by atoms with Crippen molar-refractivity contribution in [3.8, 4) is 0 Å². The van der Waals surface area contributed by atoms with E-state index in [-0.39, 0.29) is 23.8 Å². The van der Waals surface area contributed by atoms with Crippen molar-refractivity contribution in [2.45, 2.75) is 19.8 Å². The number of likely N-dealkylation sites (tertiary alicyclic amines) is 1. The maximum Gasteiger partial charge on any atom is 0.409 e. The number of ether oxygens (including phenoxy) is 1. The SMILES string of the molecule is CCOC(=O)N1CCCC(C(=O)Nc2ccc(C(=O)NC)cn2)C1. The highest BCUT2D eigenvalue weighted by Crippen LogP contribution is 2.19.